The van der Waals surface area contributed by atoms with Crippen LogP contribution < -0.4 is 0 Å². The summed E-state index contributed by atoms with van der Waals surface area (Å²) < 4.78 is 0. The van der Waals surface area contributed by atoms with E-state index in [0.717, 1.165) is 68.1 Å². The van der Waals surface area contributed by atoms with E-state index in [1.165, 1.54) is 0 Å². The predicted molar refractivity (Wildman–Crippen MR) is 124 cm³/mol. The molecule has 3 rings (SSSR count). The molecule has 5 atom stereocenters. The van der Waals surface area contributed by atoms with E-state index in [4.69, 9.17) is 0 Å². The average Bonchev–Trinajstić information content (AvgIpc) is 2.97. The normalized spacial score (nSPS) is 37.8. The molecule has 0 bridgehead atoms. The van der Waals surface area contributed by atoms with Gasteiger partial charge >= 0.3 is 0 Å². The van der Waals surface area contributed by atoms with Crippen molar-refractivity contribution < 1.29 is 20.1 Å². The fourth-order valence-electron chi connectivity index (χ4n) is 6.44. The SMILES string of the molecule is C=C1CC[C@H](O)C/C1=C/C=C1\CCC[C@]2(C)[C@@H]([C@H](C)CCC(=O)C(C)(C)O)CC[C@@]12O. The molecule has 3 saturated carbocycles. The molecule has 0 aromatic rings. The van der Waals surface area contributed by atoms with Gasteiger partial charge in [-0.2, -0.15) is 0 Å². The van der Waals surface area contributed by atoms with E-state index in [0.29, 0.717) is 24.7 Å². The summed E-state index contributed by atoms with van der Waals surface area (Å²) in [4.78, 5) is 12.2. The average molecular weight is 431 g/mol. The van der Waals surface area contributed by atoms with Crippen LogP contribution >= 0.6 is 0 Å². The number of aliphatic hydroxyl groups is 3. The standard InChI is InChI=1S/C27H42O4/c1-18-8-12-22(28)17-20(18)10-11-21-7-6-15-26(5)23(14-16-27(21,26)31)19(2)9-13-24(29)25(3,4)30/h10-11,19,22-23,28,30-31H,1,6-9,12-17H2,2-5H3/b20-10-,21-11+/t19-,22+,23-,26-,27-/m1/s1. The summed E-state index contributed by atoms with van der Waals surface area (Å²) in [6.07, 6.45) is 12.0. The first-order chi connectivity index (χ1) is 14.4. The Morgan fingerprint density at radius 3 is 2.65 bits per heavy atom. The molecular formula is C27H42O4. The Morgan fingerprint density at radius 1 is 1.26 bits per heavy atom. The van der Waals surface area contributed by atoms with Gasteiger partial charge in [0.1, 0.15) is 5.60 Å². The summed E-state index contributed by atoms with van der Waals surface area (Å²) >= 11 is 0. The highest BCUT2D eigenvalue weighted by atomic mass is 16.3. The summed E-state index contributed by atoms with van der Waals surface area (Å²) in [5, 5.41) is 31.9. The van der Waals surface area contributed by atoms with E-state index in [2.05, 4.69) is 32.6 Å². The minimum absolute atomic E-state index is 0.108. The van der Waals surface area contributed by atoms with E-state index in [9.17, 15) is 20.1 Å². The minimum atomic E-state index is -1.27. The Balaban J connectivity index is 1.77. The lowest BCUT2D eigenvalue weighted by Gasteiger charge is -2.50. The van der Waals surface area contributed by atoms with Crippen molar-refractivity contribution in [1.82, 2.24) is 0 Å². The van der Waals surface area contributed by atoms with Gasteiger partial charge in [-0.25, -0.2) is 0 Å². The third-order valence-corrected chi connectivity index (χ3v) is 8.62. The van der Waals surface area contributed by atoms with E-state index in [1.807, 2.05) is 0 Å². The molecule has 3 aliphatic carbocycles. The fraction of sp³-hybridized carbons (Fsp3) is 0.741. The highest BCUT2D eigenvalue weighted by Gasteiger charge is 2.60. The van der Waals surface area contributed by atoms with Gasteiger partial charge in [-0.15, -0.1) is 0 Å². The number of carbonyl (C=O) groups excluding carboxylic acids is 1. The molecule has 0 amide bonds. The maximum Gasteiger partial charge on any atom is 0.163 e. The Bertz CT molecular complexity index is 771. The van der Waals surface area contributed by atoms with Crippen LogP contribution in [0.2, 0.25) is 0 Å². The molecule has 174 valence electrons. The van der Waals surface area contributed by atoms with Gasteiger partial charge in [-0.05, 0) is 94.6 Å². The molecule has 3 aliphatic rings. The lowest BCUT2D eigenvalue weighted by molar-refractivity contribution is -0.134. The second-order valence-electron chi connectivity index (χ2n) is 11.2. The lowest BCUT2D eigenvalue weighted by atomic mass is 9.58. The number of hydrogen-bond acceptors (Lipinski definition) is 4. The van der Waals surface area contributed by atoms with Crippen molar-refractivity contribution in [2.45, 2.75) is 109 Å². The summed E-state index contributed by atoms with van der Waals surface area (Å²) in [6.45, 7) is 11.7. The van der Waals surface area contributed by atoms with Gasteiger partial charge in [0.05, 0.1) is 11.7 Å². The molecule has 0 spiro atoms. The van der Waals surface area contributed by atoms with Gasteiger partial charge in [0.15, 0.2) is 5.78 Å². The molecule has 4 heteroatoms. The molecule has 0 aliphatic heterocycles. The number of aliphatic hydroxyl groups excluding tert-OH is 1. The van der Waals surface area contributed by atoms with Crippen LogP contribution in [0.15, 0.2) is 35.5 Å². The number of ketones is 1. The van der Waals surface area contributed by atoms with Crippen molar-refractivity contribution in [2.24, 2.45) is 17.3 Å². The summed E-state index contributed by atoms with van der Waals surface area (Å²) in [5.41, 5.74) is 1.04. The van der Waals surface area contributed by atoms with Gasteiger partial charge in [-0.1, -0.05) is 38.2 Å². The monoisotopic (exact) mass is 430 g/mol. The molecule has 31 heavy (non-hydrogen) atoms. The maximum atomic E-state index is 12.2. The van der Waals surface area contributed by atoms with Crippen LogP contribution in [-0.4, -0.2) is 38.4 Å². The van der Waals surface area contributed by atoms with E-state index >= 15 is 0 Å². The zero-order chi connectivity index (χ0) is 23.0. The number of carbonyl (C=O) groups is 1. The van der Waals surface area contributed by atoms with Crippen LogP contribution in [0.4, 0.5) is 0 Å². The van der Waals surface area contributed by atoms with Gasteiger partial charge in [-0.3, -0.25) is 4.79 Å². The number of allylic oxidation sites excluding steroid dienone is 3. The van der Waals surface area contributed by atoms with Crippen molar-refractivity contribution in [2.75, 3.05) is 0 Å². The zero-order valence-electron chi connectivity index (χ0n) is 19.9. The van der Waals surface area contributed by atoms with Gasteiger partial charge < -0.3 is 15.3 Å². The molecular weight excluding hydrogens is 388 g/mol. The van der Waals surface area contributed by atoms with E-state index in [-0.39, 0.29) is 17.3 Å². The van der Waals surface area contributed by atoms with Gasteiger partial charge in [0.2, 0.25) is 0 Å². The van der Waals surface area contributed by atoms with E-state index < -0.39 is 11.2 Å². The van der Waals surface area contributed by atoms with Gasteiger partial charge in [0.25, 0.3) is 0 Å². The molecule has 0 radical (unpaired) electrons. The van der Waals surface area contributed by atoms with Crippen LogP contribution in [0.1, 0.15) is 91.9 Å². The van der Waals surface area contributed by atoms with Crippen molar-refractivity contribution in [1.29, 1.82) is 0 Å². The molecule has 0 unspecified atom stereocenters. The second-order valence-corrected chi connectivity index (χ2v) is 11.2. The number of rotatable bonds is 6. The lowest BCUT2D eigenvalue weighted by Crippen LogP contribution is -2.50. The van der Waals surface area contributed by atoms with Crippen LogP contribution in [0.5, 0.6) is 0 Å². The van der Waals surface area contributed by atoms with Crippen molar-refractivity contribution in [3.63, 3.8) is 0 Å². The van der Waals surface area contributed by atoms with E-state index in [1.54, 1.807) is 13.8 Å². The second kappa shape index (κ2) is 8.96. The largest absolute Gasteiger partial charge is 0.393 e. The molecule has 0 heterocycles. The molecule has 0 aromatic carbocycles. The highest BCUT2D eigenvalue weighted by molar-refractivity contribution is 5.86. The fourth-order valence-corrected chi connectivity index (χ4v) is 6.44. The van der Waals surface area contributed by atoms with Crippen molar-refractivity contribution >= 4 is 5.78 Å². The van der Waals surface area contributed by atoms with Crippen LogP contribution in [-0.2, 0) is 4.79 Å². The Hall–Kier alpha value is -1.23. The molecule has 3 N–H and O–H groups in total. The molecule has 0 saturated heterocycles. The Labute approximate surface area is 188 Å². The Morgan fingerprint density at radius 2 is 1.97 bits per heavy atom. The first-order valence-corrected chi connectivity index (χ1v) is 12.1. The highest BCUT2D eigenvalue weighted by Crippen LogP contribution is 2.62. The van der Waals surface area contributed by atoms with Crippen LogP contribution in [0, 0.1) is 17.3 Å². The van der Waals surface area contributed by atoms with Gasteiger partial charge in [0, 0.05) is 11.8 Å². The molecule has 3 fully saturated rings. The Kier molecular flexibility index (Phi) is 7.05. The topological polar surface area (TPSA) is 77.8 Å². The summed E-state index contributed by atoms with van der Waals surface area (Å²) in [6, 6.07) is 0. The molecule has 4 nitrogen and oxygen atoms in total. The minimum Gasteiger partial charge on any atom is -0.393 e. The molecule has 0 aromatic heterocycles. The first kappa shape index (κ1) is 24.4. The van der Waals surface area contributed by atoms with Crippen molar-refractivity contribution in [3.05, 3.63) is 35.5 Å². The summed E-state index contributed by atoms with van der Waals surface area (Å²) in [5.74, 6) is 0.565. The van der Waals surface area contributed by atoms with Crippen LogP contribution in [0.3, 0.4) is 0 Å². The smallest absolute Gasteiger partial charge is 0.163 e. The van der Waals surface area contributed by atoms with Crippen LogP contribution in [0.25, 0.3) is 0 Å². The first-order valence-electron chi connectivity index (χ1n) is 12.1. The maximum absolute atomic E-state index is 12.2. The predicted octanol–water partition coefficient (Wildman–Crippen LogP) is 5.03. The number of Topliss-reactive ketones (excluding diaryl/α,β-unsaturated/α-hetero) is 1. The third-order valence-electron chi connectivity index (χ3n) is 8.62. The quantitative estimate of drug-likeness (QED) is 0.552. The summed E-state index contributed by atoms with van der Waals surface area (Å²) in [7, 11) is 0. The number of fused-ring (bicyclic) bond motifs is 1. The van der Waals surface area contributed by atoms with Crippen molar-refractivity contribution in [3.8, 4) is 0 Å². The number of hydrogen-bond donors (Lipinski definition) is 3. The zero-order valence-corrected chi connectivity index (χ0v) is 19.9. The third kappa shape index (κ3) is 4.77.